The second kappa shape index (κ2) is 66.6. The molecular formula is Cl4CuLi2-. The van der Waals surface area contributed by atoms with Crippen LogP contribution in [0.15, 0.2) is 0 Å². The molecule has 0 unspecified atom stereocenters. The van der Waals surface area contributed by atoms with Crippen molar-refractivity contribution in [2.24, 2.45) is 0 Å². The van der Waals surface area contributed by atoms with E-state index >= 15 is 0 Å². The van der Waals surface area contributed by atoms with Gasteiger partial charge in [-0.2, -0.15) is 0 Å². The Bertz CT molecular complexity index is 9.65. The molecule has 7 heteroatoms. The molecule has 0 rings (SSSR count). The first-order chi connectivity index (χ1) is 0. The summed E-state index contributed by atoms with van der Waals surface area (Å²) >= 11 is 0. The first kappa shape index (κ1) is 94.1. The molecule has 0 amide bonds. The van der Waals surface area contributed by atoms with Crippen molar-refractivity contribution in [1.82, 2.24) is 0 Å². The zero-order chi connectivity index (χ0) is 0. The number of halogens is 4. The van der Waals surface area contributed by atoms with Gasteiger partial charge in [0.1, 0.15) is 0 Å². The minimum atomic E-state index is 0. The van der Waals surface area contributed by atoms with Crippen molar-refractivity contribution in [2.75, 3.05) is 0 Å². The minimum absolute atomic E-state index is 0. The topological polar surface area (TPSA) is 0 Å². The van der Waals surface area contributed by atoms with Crippen molar-refractivity contribution in [2.45, 2.75) is 0 Å². The predicted molar refractivity (Wildman–Crippen MR) is 0 cm³/mol. The van der Waals surface area contributed by atoms with Crippen LogP contribution in [0.1, 0.15) is 0 Å². The smallest absolute Gasteiger partial charge is 1.00 e. The first-order valence-corrected chi connectivity index (χ1v) is 0. The van der Waals surface area contributed by atoms with Crippen LogP contribution in [0, 0.1) is 0 Å². The summed E-state index contributed by atoms with van der Waals surface area (Å²) in [5, 5.41) is 0. The molecule has 0 saturated heterocycles. The fraction of sp³-hybridized carbons (Fsp3) is 0. The maximum Gasteiger partial charge on any atom is 1.00 e. The second-order valence-corrected chi connectivity index (χ2v) is 0. The summed E-state index contributed by atoms with van der Waals surface area (Å²) in [6.07, 6.45) is 0. The van der Waals surface area contributed by atoms with Crippen LogP contribution in [0.5, 0.6) is 0 Å². The zero-order valence-corrected chi connectivity index (χ0v) is 7.78. The summed E-state index contributed by atoms with van der Waals surface area (Å²) in [4.78, 5) is 0. The fourth-order valence-electron chi connectivity index (χ4n) is 0. The van der Waals surface area contributed by atoms with Crippen LogP contribution in [0.25, 0.3) is 0 Å². The van der Waals surface area contributed by atoms with Crippen LogP contribution >= 0.6 is 0 Å². The Kier molecular flexibility index (Phi) is 896. The Hall–Kier alpha value is 2.87. The zero-order valence-electron chi connectivity index (χ0n) is 3.81. The maximum absolute atomic E-state index is 0. The molecule has 0 aromatic heterocycles. The van der Waals surface area contributed by atoms with Crippen LogP contribution in [0.3, 0.4) is 0 Å². The van der Waals surface area contributed by atoms with Gasteiger partial charge in [0.05, 0.1) is 0 Å². The monoisotopic (exact) mass is 217 g/mol. The molecule has 0 aromatic carbocycles. The minimum Gasteiger partial charge on any atom is -1.00 e. The molecule has 0 atom stereocenters. The van der Waals surface area contributed by atoms with Crippen molar-refractivity contribution in [1.29, 1.82) is 0 Å². The molecule has 42 valence electrons. The van der Waals surface area contributed by atoms with E-state index in [9.17, 15) is 0 Å². The van der Waals surface area contributed by atoms with Gasteiger partial charge in [-0.25, -0.2) is 0 Å². The van der Waals surface area contributed by atoms with Gasteiger partial charge in [0.2, 0.25) is 0 Å². The number of hydrogen-bond donors (Lipinski definition) is 0. The predicted octanol–water partition coefficient (Wildman–Crippen LogP) is -18.0. The largest absolute Gasteiger partial charge is 1.00 e. The molecule has 0 aromatic rings. The van der Waals surface area contributed by atoms with Crippen LogP contribution in [-0.4, -0.2) is 0 Å². The molecular weight excluding hydrogens is 219 g/mol. The first-order valence-electron chi connectivity index (χ1n) is 0. The summed E-state index contributed by atoms with van der Waals surface area (Å²) in [6.45, 7) is 0. The van der Waals surface area contributed by atoms with Gasteiger partial charge in [-0.05, 0) is 0 Å². The van der Waals surface area contributed by atoms with E-state index in [4.69, 9.17) is 0 Å². The van der Waals surface area contributed by atoms with Crippen LogP contribution in [0.2, 0.25) is 0 Å². The van der Waals surface area contributed by atoms with Gasteiger partial charge < -0.3 is 49.6 Å². The normalized spacial score (nSPS) is 0. The Morgan fingerprint density at radius 1 is 0.429 bits per heavy atom. The van der Waals surface area contributed by atoms with E-state index in [-0.39, 0.29) is 104 Å². The summed E-state index contributed by atoms with van der Waals surface area (Å²) in [6, 6.07) is 0. The molecule has 0 fully saturated rings. The van der Waals surface area contributed by atoms with Gasteiger partial charge in [0.15, 0.2) is 0 Å². The van der Waals surface area contributed by atoms with Crippen molar-refractivity contribution in [3.05, 3.63) is 0 Å². The van der Waals surface area contributed by atoms with Crippen molar-refractivity contribution in [3.8, 4) is 0 Å². The molecule has 7 heavy (non-hydrogen) atoms. The van der Waals surface area contributed by atoms with Gasteiger partial charge in [-0.15, -0.1) is 0 Å². The number of rotatable bonds is 0. The van der Waals surface area contributed by atoms with Crippen molar-refractivity contribution >= 4 is 0 Å². The second-order valence-electron chi connectivity index (χ2n) is 0. The van der Waals surface area contributed by atoms with Crippen LogP contribution in [-0.2, 0) is 17.1 Å². The Morgan fingerprint density at radius 2 is 0.429 bits per heavy atom. The maximum atomic E-state index is 0. The molecule has 0 radical (unpaired) electrons. The Labute approximate surface area is 103 Å². The van der Waals surface area contributed by atoms with Gasteiger partial charge in [-0.1, -0.05) is 0 Å². The fourth-order valence-corrected chi connectivity index (χ4v) is 0. The average molecular weight is 219 g/mol. The van der Waals surface area contributed by atoms with E-state index in [1.165, 1.54) is 0 Å². The van der Waals surface area contributed by atoms with Crippen LogP contribution < -0.4 is 87.3 Å². The van der Waals surface area contributed by atoms with Gasteiger partial charge in [0.25, 0.3) is 0 Å². The Balaban J connectivity index is 0. The van der Waals surface area contributed by atoms with Crippen molar-refractivity contribution in [3.63, 3.8) is 0 Å². The molecule has 0 aliphatic rings. The SMILES string of the molecule is [Cl-].[Cl-].[Cl-].[Cl-].[Cu+].[Li+].[Li+]. The molecule has 0 aliphatic heterocycles. The van der Waals surface area contributed by atoms with Crippen LogP contribution in [0.4, 0.5) is 0 Å². The van der Waals surface area contributed by atoms with Crippen molar-refractivity contribution < 1.29 is 104 Å². The third kappa shape index (κ3) is 50.8. The number of hydrogen-bond acceptors (Lipinski definition) is 0. The molecule has 0 saturated carbocycles. The van der Waals surface area contributed by atoms with E-state index in [1.54, 1.807) is 0 Å². The van der Waals surface area contributed by atoms with E-state index in [1.807, 2.05) is 0 Å². The molecule has 0 spiro atoms. The summed E-state index contributed by atoms with van der Waals surface area (Å²) < 4.78 is 0. The van der Waals surface area contributed by atoms with E-state index in [0.717, 1.165) is 0 Å². The summed E-state index contributed by atoms with van der Waals surface area (Å²) in [7, 11) is 0. The van der Waals surface area contributed by atoms with E-state index < -0.39 is 0 Å². The molecule has 0 nitrogen and oxygen atoms in total. The molecule has 0 bridgehead atoms. The molecule has 0 aliphatic carbocycles. The third-order valence-electron chi connectivity index (χ3n) is 0. The average Bonchev–Trinajstić information content (AvgIpc) is 0. The summed E-state index contributed by atoms with van der Waals surface area (Å²) in [5.41, 5.74) is 0. The van der Waals surface area contributed by atoms with Gasteiger partial charge in [-0.3, -0.25) is 0 Å². The van der Waals surface area contributed by atoms with Gasteiger partial charge >= 0.3 is 54.8 Å². The van der Waals surface area contributed by atoms with E-state index in [2.05, 4.69) is 0 Å². The molecule has 0 N–H and O–H groups in total. The third-order valence-corrected chi connectivity index (χ3v) is 0. The standard InChI is InChI=1S/4ClH.Cu.2Li/h4*1H;;;/q;;;;3*+1/p-4. The quantitative estimate of drug-likeness (QED) is 0.355. The summed E-state index contributed by atoms with van der Waals surface area (Å²) in [5.74, 6) is 0. The van der Waals surface area contributed by atoms with E-state index in [0.29, 0.717) is 0 Å². The molecule has 0 heterocycles. The Morgan fingerprint density at radius 3 is 0.429 bits per heavy atom. The van der Waals surface area contributed by atoms with Gasteiger partial charge in [0, 0.05) is 0 Å².